The molecule has 0 aliphatic carbocycles. The van der Waals surface area contributed by atoms with Gasteiger partial charge in [0, 0.05) is 11.6 Å². The van der Waals surface area contributed by atoms with E-state index in [1.54, 1.807) is 17.9 Å². The summed E-state index contributed by atoms with van der Waals surface area (Å²) in [7, 11) is 1.62. The Labute approximate surface area is 161 Å². The van der Waals surface area contributed by atoms with Gasteiger partial charge in [-0.2, -0.15) is 5.10 Å². The van der Waals surface area contributed by atoms with Crippen molar-refractivity contribution in [3.05, 3.63) is 59.8 Å². The third kappa shape index (κ3) is 4.71. The molecule has 0 bridgehead atoms. The number of nitrogens with one attached hydrogen (secondary N) is 1. The third-order valence-electron chi connectivity index (χ3n) is 3.79. The van der Waals surface area contributed by atoms with Crippen LogP contribution in [-0.2, 0) is 0 Å². The van der Waals surface area contributed by atoms with Crippen molar-refractivity contribution >= 4 is 17.7 Å². The first-order valence-electron chi connectivity index (χ1n) is 8.17. The summed E-state index contributed by atoms with van der Waals surface area (Å²) in [5, 5.41) is 15.5. The summed E-state index contributed by atoms with van der Waals surface area (Å²) in [6, 6.07) is 16.7. The number of benzene rings is 2. The van der Waals surface area contributed by atoms with Crippen LogP contribution in [0.5, 0.6) is 11.5 Å². The van der Waals surface area contributed by atoms with Gasteiger partial charge in [0.1, 0.15) is 18.1 Å². The van der Waals surface area contributed by atoms with Gasteiger partial charge in [-0.3, -0.25) is 0 Å². The number of carbonyl (C=O) groups is 1. The maximum atomic E-state index is 10.4. The molecular formula is C19H18ClN3O4. The number of carboxylic acid groups (broad SMARTS) is 1. The Morgan fingerprint density at radius 1 is 1.15 bits per heavy atom. The lowest BCUT2D eigenvalue weighted by Gasteiger charge is -2.10. The van der Waals surface area contributed by atoms with E-state index in [-0.39, 0.29) is 13.2 Å². The topological polar surface area (TPSA) is 85.6 Å². The third-order valence-corrected chi connectivity index (χ3v) is 3.98. The lowest BCUT2D eigenvalue weighted by Crippen LogP contribution is -2.26. The van der Waals surface area contributed by atoms with Crippen LogP contribution in [0.1, 0.15) is 0 Å². The van der Waals surface area contributed by atoms with E-state index in [0.29, 0.717) is 10.9 Å². The summed E-state index contributed by atoms with van der Waals surface area (Å²) in [6.07, 6.45) is -1.07. The van der Waals surface area contributed by atoms with E-state index in [2.05, 4.69) is 10.4 Å². The minimum Gasteiger partial charge on any atom is -0.497 e. The van der Waals surface area contributed by atoms with Crippen LogP contribution in [0, 0.1) is 0 Å². The lowest BCUT2D eigenvalue weighted by atomic mass is 10.1. The lowest BCUT2D eigenvalue weighted by molar-refractivity contribution is 0.191. The number of rotatable bonds is 7. The fourth-order valence-electron chi connectivity index (χ4n) is 2.53. The zero-order valence-electron chi connectivity index (χ0n) is 14.6. The van der Waals surface area contributed by atoms with Gasteiger partial charge in [0.25, 0.3) is 0 Å². The smallest absolute Gasteiger partial charge is 0.404 e. The normalized spacial score (nSPS) is 10.4. The molecule has 0 radical (unpaired) electrons. The average Bonchev–Trinajstić information content (AvgIpc) is 3.07. The van der Waals surface area contributed by atoms with E-state index in [1.807, 2.05) is 48.5 Å². The zero-order chi connectivity index (χ0) is 19.2. The van der Waals surface area contributed by atoms with Crippen molar-refractivity contribution in [3.63, 3.8) is 0 Å². The van der Waals surface area contributed by atoms with Crippen molar-refractivity contribution in [2.24, 2.45) is 0 Å². The van der Waals surface area contributed by atoms with Gasteiger partial charge in [-0.25, -0.2) is 9.48 Å². The first kappa shape index (κ1) is 18.6. The van der Waals surface area contributed by atoms with Gasteiger partial charge in [-0.1, -0.05) is 11.6 Å². The SMILES string of the molecule is COc1ccc(-n2nc(Cl)cc2-c2ccc(OCCNC(=O)O)cc2)cc1. The van der Waals surface area contributed by atoms with Crippen LogP contribution in [0.15, 0.2) is 54.6 Å². The second kappa shape index (κ2) is 8.46. The minimum atomic E-state index is -1.07. The Hall–Kier alpha value is -3.19. The molecule has 0 fully saturated rings. The van der Waals surface area contributed by atoms with E-state index in [4.69, 9.17) is 26.2 Å². The summed E-state index contributed by atoms with van der Waals surface area (Å²) < 4.78 is 12.4. The number of ether oxygens (including phenoxy) is 2. The summed E-state index contributed by atoms with van der Waals surface area (Å²) in [5.41, 5.74) is 2.61. The highest BCUT2D eigenvalue weighted by Crippen LogP contribution is 2.28. The zero-order valence-corrected chi connectivity index (χ0v) is 15.3. The molecule has 3 rings (SSSR count). The van der Waals surface area contributed by atoms with Crippen LogP contribution in [0.4, 0.5) is 4.79 Å². The summed E-state index contributed by atoms with van der Waals surface area (Å²) in [6.45, 7) is 0.470. The molecule has 0 saturated carbocycles. The molecule has 140 valence electrons. The maximum Gasteiger partial charge on any atom is 0.404 e. The molecule has 3 aromatic rings. The Morgan fingerprint density at radius 3 is 2.44 bits per heavy atom. The van der Waals surface area contributed by atoms with Crippen LogP contribution in [0.25, 0.3) is 16.9 Å². The van der Waals surface area contributed by atoms with Crippen molar-refractivity contribution in [1.29, 1.82) is 0 Å². The van der Waals surface area contributed by atoms with E-state index >= 15 is 0 Å². The molecule has 0 aliphatic rings. The van der Waals surface area contributed by atoms with Crippen LogP contribution in [0.2, 0.25) is 5.15 Å². The summed E-state index contributed by atoms with van der Waals surface area (Å²) in [5.74, 6) is 1.41. The van der Waals surface area contributed by atoms with Gasteiger partial charge in [0.05, 0.1) is 25.0 Å². The maximum absolute atomic E-state index is 10.4. The Morgan fingerprint density at radius 2 is 1.81 bits per heavy atom. The predicted octanol–water partition coefficient (Wildman–Crippen LogP) is 3.85. The van der Waals surface area contributed by atoms with Gasteiger partial charge in [0.2, 0.25) is 0 Å². The Bertz CT molecular complexity index is 908. The molecule has 1 aromatic heterocycles. The standard InChI is InChI=1S/C19H18ClN3O4/c1-26-15-8-4-14(5-9-15)23-17(12-18(20)22-23)13-2-6-16(7-3-13)27-11-10-21-19(24)25/h2-9,12,21H,10-11H2,1H3,(H,24,25). The highest BCUT2D eigenvalue weighted by molar-refractivity contribution is 6.29. The van der Waals surface area contributed by atoms with Gasteiger partial charge < -0.3 is 19.9 Å². The van der Waals surface area contributed by atoms with Crippen molar-refractivity contribution in [1.82, 2.24) is 15.1 Å². The monoisotopic (exact) mass is 387 g/mol. The van der Waals surface area contributed by atoms with Crippen molar-refractivity contribution in [3.8, 4) is 28.4 Å². The molecule has 8 heteroatoms. The highest BCUT2D eigenvalue weighted by Gasteiger charge is 2.11. The molecular weight excluding hydrogens is 370 g/mol. The predicted molar refractivity (Wildman–Crippen MR) is 102 cm³/mol. The number of halogens is 1. The molecule has 2 aromatic carbocycles. The second-order valence-corrected chi connectivity index (χ2v) is 5.95. The Kier molecular flexibility index (Phi) is 5.83. The first-order valence-corrected chi connectivity index (χ1v) is 8.54. The molecule has 0 unspecified atom stereocenters. The Balaban J connectivity index is 1.77. The second-order valence-electron chi connectivity index (χ2n) is 5.57. The summed E-state index contributed by atoms with van der Waals surface area (Å²) in [4.78, 5) is 10.4. The number of methoxy groups -OCH3 is 1. The van der Waals surface area contributed by atoms with Crippen molar-refractivity contribution in [2.75, 3.05) is 20.3 Å². The molecule has 1 amide bonds. The van der Waals surface area contributed by atoms with E-state index in [9.17, 15) is 4.79 Å². The van der Waals surface area contributed by atoms with Crippen LogP contribution in [-0.4, -0.2) is 41.2 Å². The fraction of sp³-hybridized carbons (Fsp3) is 0.158. The van der Waals surface area contributed by atoms with Crippen LogP contribution >= 0.6 is 11.6 Å². The number of hydrogen-bond donors (Lipinski definition) is 2. The molecule has 0 saturated heterocycles. The molecule has 1 heterocycles. The first-order chi connectivity index (χ1) is 13.1. The molecule has 0 aliphatic heterocycles. The number of aromatic nitrogens is 2. The average molecular weight is 388 g/mol. The number of nitrogens with zero attached hydrogens (tertiary/aromatic N) is 2. The molecule has 7 nitrogen and oxygen atoms in total. The quantitative estimate of drug-likeness (QED) is 0.601. The van der Waals surface area contributed by atoms with Crippen molar-refractivity contribution in [2.45, 2.75) is 0 Å². The van der Waals surface area contributed by atoms with Gasteiger partial charge in [0.15, 0.2) is 5.15 Å². The van der Waals surface area contributed by atoms with Gasteiger partial charge >= 0.3 is 6.09 Å². The van der Waals surface area contributed by atoms with Crippen LogP contribution < -0.4 is 14.8 Å². The van der Waals surface area contributed by atoms with Crippen LogP contribution in [0.3, 0.4) is 0 Å². The number of amides is 1. The fourth-order valence-corrected chi connectivity index (χ4v) is 2.71. The van der Waals surface area contributed by atoms with Crippen molar-refractivity contribution < 1.29 is 19.4 Å². The van der Waals surface area contributed by atoms with Gasteiger partial charge in [-0.05, 0) is 48.5 Å². The van der Waals surface area contributed by atoms with E-state index in [0.717, 1.165) is 22.7 Å². The summed E-state index contributed by atoms with van der Waals surface area (Å²) >= 11 is 6.13. The molecule has 0 atom stereocenters. The van der Waals surface area contributed by atoms with E-state index in [1.165, 1.54) is 0 Å². The van der Waals surface area contributed by atoms with Gasteiger partial charge in [-0.15, -0.1) is 0 Å². The minimum absolute atomic E-state index is 0.219. The molecule has 0 spiro atoms. The largest absolute Gasteiger partial charge is 0.497 e. The molecule has 27 heavy (non-hydrogen) atoms. The molecule has 2 N–H and O–H groups in total. The highest BCUT2D eigenvalue weighted by atomic mass is 35.5. The number of hydrogen-bond acceptors (Lipinski definition) is 4. The van der Waals surface area contributed by atoms with E-state index < -0.39 is 6.09 Å².